The number of aryl methyl sites for hydroxylation is 1. The lowest BCUT2D eigenvalue weighted by Crippen LogP contribution is -2.27. The molecule has 5 heterocycles. The highest BCUT2D eigenvalue weighted by molar-refractivity contribution is 5.60. The topological polar surface area (TPSA) is 99.6 Å². The average molecular weight is 463 g/mol. The van der Waals surface area contributed by atoms with Gasteiger partial charge in [-0.25, -0.2) is 0 Å². The molecule has 9 nitrogen and oxygen atoms in total. The van der Waals surface area contributed by atoms with Gasteiger partial charge in [-0.3, -0.25) is 4.98 Å². The summed E-state index contributed by atoms with van der Waals surface area (Å²) in [5.74, 6) is 2.58. The molecule has 1 unspecified atom stereocenters. The van der Waals surface area contributed by atoms with Crippen molar-refractivity contribution in [3.8, 4) is 11.6 Å². The van der Waals surface area contributed by atoms with Crippen LogP contribution in [0.3, 0.4) is 0 Å². The molecule has 1 saturated heterocycles. The highest BCUT2D eigenvalue weighted by atomic mass is 16.5. The van der Waals surface area contributed by atoms with E-state index in [1.165, 1.54) is 0 Å². The molecular formula is C25H30N6O3. The van der Waals surface area contributed by atoms with E-state index >= 15 is 0 Å². The number of aromatic nitrogens is 5. The summed E-state index contributed by atoms with van der Waals surface area (Å²) < 4.78 is 18.9. The summed E-state index contributed by atoms with van der Waals surface area (Å²) in [5, 5.41) is 7.96. The van der Waals surface area contributed by atoms with E-state index in [9.17, 15) is 0 Å². The Kier molecular flexibility index (Phi) is 6.05. The number of hydrogen-bond donors (Lipinski definition) is 1. The normalized spacial score (nSPS) is 16.4. The molecule has 0 saturated carbocycles. The quantitative estimate of drug-likeness (QED) is 0.436. The molecule has 0 radical (unpaired) electrons. The number of anilines is 1. The highest BCUT2D eigenvalue weighted by Crippen LogP contribution is 2.25. The molecule has 1 atom stereocenters. The van der Waals surface area contributed by atoms with Gasteiger partial charge in [0.2, 0.25) is 11.8 Å². The van der Waals surface area contributed by atoms with Gasteiger partial charge in [0.05, 0.1) is 31.2 Å². The van der Waals surface area contributed by atoms with Crippen LogP contribution < -0.4 is 5.32 Å². The van der Waals surface area contributed by atoms with E-state index in [-0.39, 0.29) is 11.6 Å². The lowest BCUT2D eigenvalue weighted by molar-refractivity contribution is 0.0301. The van der Waals surface area contributed by atoms with E-state index in [1.807, 2.05) is 43.5 Å². The lowest BCUT2D eigenvalue weighted by atomic mass is 10.1. The highest BCUT2D eigenvalue weighted by Gasteiger charge is 2.20. The Morgan fingerprint density at radius 2 is 1.97 bits per heavy atom. The number of pyridine rings is 1. The summed E-state index contributed by atoms with van der Waals surface area (Å²) >= 11 is 0. The second kappa shape index (κ2) is 9.15. The fourth-order valence-electron chi connectivity index (χ4n) is 3.90. The van der Waals surface area contributed by atoms with Gasteiger partial charge in [0.1, 0.15) is 5.76 Å². The van der Waals surface area contributed by atoms with Crippen LogP contribution in [0.25, 0.3) is 17.2 Å². The Morgan fingerprint density at radius 3 is 2.71 bits per heavy atom. The fraction of sp³-hybridized carbons (Fsp3) is 0.440. The van der Waals surface area contributed by atoms with Crippen molar-refractivity contribution in [2.45, 2.75) is 58.8 Å². The van der Waals surface area contributed by atoms with Gasteiger partial charge in [0.25, 0.3) is 0 Å². The second-order valence-corrected chi connectivity index (χ2v) is 9.65. The molecule has 4 aromatic rings. The van der Waals surface area contributed by atoms with Crippen LogP contribution >= 0.6 is 0 Å². The maximum atomic E-state index is 5.93. The molecule has 1 N–H and O–H groups in total. The van der Waals surface area contributed by atoms with Crippen LogP contribution in [0, 0.1) is 6.92 Å². The molecule has 0 aromatic carbocycles. The molecule has 4 aromatic heterocycles. The predicted octanol–water partition coefficient (Wildman–Crippen LogP) is 4.19. The molecule has 34 heavy (non-hydrogen) atoms. The van der Waals surface area contributed by atoms with E-state index in [2.05, 4.69) is 31.2 Å². The summed E-state index contributed by atoms with van der Waals surface area (Å²) in [7, 11) is 0. The van der Waals surface area contributed by atoms with Gasteiger partial charge in [-0.15, -0.1) is 0 Å². The summed E-state index contributed by atoms with van der Waals surface area (Å²) in [6.45, 7) is 10.0. The number of rotatable bonds is 7. The first-order chi connectivity index (χ1) is 16.3. The molecule has 5 rings (SSSR count). The van der Waals surface area contributed by atoms with Crippen LogP contribution in [0.1, 0.15) is 49.9 Å². The number of fused-ring (bicyclic) bond motifs is 1. The van der Waals surface area contributed by atoms with Gasteiger partial charge in [0, 0.05) is 29.8 Å². The van der Waals surface area contributed by atoms with Crippen LogP contribution in [0.4, 0.5) is 5.95 Å². The van der Waals surface area contributed by atoms with E-state index in [1.54, 1.807) is 4.52 Å². The van der Waals surface area contributed by atoms with E-state index in [0.717, 1.165) is 41.4 Å². The molecule has 0 spiro atoms. The van der Waals surface area contributed by atoms with Gasteiger partial charge < -0.3 is 19.2 Å². The number of hydrogen-bond acceptors (Lipinski definition) is 8. The first-order valence-electron chi connectivity index (χ1n) is 11.6. The van der Waals surface area contributed by atoms with Crippen molar-refractivity contribution in [2.75, 3.05) is 18.5 Å². The van der Waals surface area contributed by atoms with E-state index in [0.29, 0.717) is 37.2 Å². The van der Waals surface area contributed by atoms with Crippen molar-refractivity contribution in [3.63, 3.8) is 0 Å². The van der Waals surface area contributed by atoms with E-state index in [4.69, 9.17) is 28.8 Å². The third-order valence-corrected chi connectivity index (χ3v) is 5.48. The molecule has 1 fully saturated rings. The lowest BCUT2D eigenvalue weighted by Gasteiger charge is -2.20. The van der Waals surface area contributed by atoms with Crippen molar-refractivity contribution in [1.29, 1.82) is 0 Å². The van der Waals surface area contributed by atoms with Gasteiger partial charge in [-0.1, -0.05) is 6.07 Å². The van der Waals surface area contributed by atoms with E-state index < -0.39 is 0 Å². The summed E-state index contributed by atoms with van der Waals surface area (Å²) in [5.41, 5.74) is 3.31. The Morgan fingerprint density at radius 1 is 1.12 bits per heavy atom. The molecule has 0 aliphatic carbocycles. The maximum absolute atomic E-state index is 5.93. The molecular weight excluding hydrogens is 432 g/mol. The molecule has 1 aliphatic heterocycles. The van der Waals surface area contributed by atoms with Crippen LogP contribution in [0.2, 0.25) is 0 Å². The molecule has 0 amide bonds. The second-order valence-electron chi connectivity index (χ2n) is 9.65. The van der Waals surface area contributed by atoms with Crippen molar-refractivity contribution >= 4 is 11.6 Å². The number of nitrogens with zero attached hydrogens (tertiary/aromatic N) is 5. The van der Waals surface area contributed by atoms with Crippen molar-refractivity contribution in [1.82, 2.24) is 24.6 Å². The molecule has 178 valence electrons. The predicted molar refractivity (Wildman–Crippen MR) is 128 cm³/mol. The Balaban J connectivity index is 1.45. The maximum Gasteiger partial charge on any atom is 0.227 e. The monoisotopic (exact) mass is 462 g/mol. The first-order valence-corrected chi connectivity index (χ1v) is 11.6. The Labute approximate surface area is 198 Å². The molecule has 0 bridgehead atoms. The third-order valence-electron chi connectivity index (χ3n) is 5.48. The molecule has 9 heteroatoms. The summed E-state index contributed by atoms with van der Waals surface area (Å²) in [6.07, 6.45) is 3.50. The first kappa shape index (κ1) is 22.5. The number of nitrogens with one attached hydrogen (secondary N) is 1. The van der Waals surface area contributed by atoms with Crippen molar-refractivity contribution in [2.24, 2.45) is 0 Å². The Hall–Kier alpha value is -3.30. The van der Waals surface area contributed by atoms with Crippen LogP contribution in [0.15, 0.2) is 40.9 Å². The number of ether oxygens (including phenoxy) is 2. The van der Waals surface area contributed by atoms with Gasteiger partial charge >= 0.3 is 0 Å². The SMILES string of the molecule is Cc1ccc(-c2nc(NC(C)(C)C)nc3c(Cc4cccc(COC5CCOC5)n4)cnn23)o1. The zero-order chi connectivity index (χ0) is 23.7. The smallest absolute Gasteiger partial charge is 0.227 e. The largest absolute Gasteiger partial charge is 0.458 e. The minimum Gasteiger partial charge on any atom is -0.458 e. The van der Waals surface area contributed by atoms with Gasteiger partial charge in [0.15, 0.2) is 11.4 Å². The van der Waals surface area contributed by atoms with Crippen LogP contribution in [0.5, 0.6) is 0 Å². The average Bonchev–Trinajstić information content (AvgIpc) is 3.53. The number of furan rings is 1. The summed E-state index contributed by atoms with van der Waals surface area (Å²) in [6, 6.07) is 9.83. The third kappa shape index (κ3) is 5.10. The zero-order valence-electron chi connectivity index (χ0n) is 20.0. The van der Waals surface area contributed by atoms with Gasteiger partial charge in [-0.05, 0) is 58.4 Å². The Bertz CT molecular complexity index is 1280. The molecule has 1 aliphatic rings. The van der Waals surface area contributed by atoms with Gasteiger partial charge in [-0.2, -0.15) is 19.6 Å². The summed E-state index contributed by atoms with van der Waals surface area (Å²) in [4.78, 5) is 14.3. The fourth-order valence-corrected chi connectivity index (χ4v) is 3.90. The minimum absolute atomic E-state index is 0.152. The zero-order valence-corrected chi connectivity index (χ0v) is 20.0. The standard InChI is InChI=1S/C25H30N6O3/c1-16-8-9-21(34-16)23-29-24(30-25(2,3)4)28-22-17(13-26-31(22)23)12-18-6-5-7-19(27-18)14-33-20-10-11-32-15-20/h5-9,13,20H,10-12,14-15H2,1-4H3,(H,28,30). The van der Waals surface area contributed by atoms with Crippen LogP contribution in [-0.4, -0.2) is 49.4 Å². The van der Waals surface area contributed by atoms with Crippen molar-refractivity contribution < 1.29 is 13.9 Å². The minimum atomic E-state index is -0.199. The van der Waals surface area contributed by atoms with Crippen LogP contribution in [-0.2, 0) is 22.5 Å². The van der Waals surface area contributed by atoms with Crippen molar-refractivity contribution in [3.05, 3.63) is 59.2 Å².